The van der Waals surface area contributed by atoms with Crippen molar-refractivity contribution in [3.63, 3.8) is 0 Å². The maximum absolute atomic E-state index is 13.4. The van der Waals surface area contributed by atoms with Gasteiger partial charge in [-0.05, 0) is 236 Å². The third-order valence-corrected chi connectivity index (χ3v) is 25.0. The van der Waals surface area contributed by atoms with Gasteiger partial charge < -0.3 is 43.6 Å². The number of benzene rings is 8. The molecule has 1 amide bonds. The second kappa shape index (κ2) is 34.1. The highest BCUT2D eigenvalue weighted by atomic mass is 35.5. The van der Waals surface area contributed by atoms with Crippen LogP contribution in [0.25, 0.3) is 44.6 Å². The number of carbonyl (C=O) groups is 4. The molecule has 4 aromatic heterocycles. The van der Waals surface area contributed by atoms with E-state index in [2.05, 4.69) is 70.0 Å². The summed E-state index contributed by atoms with van der Waals surface area (Å²) in [6, 6.07) is 67.8. The molecule has 0 spiro atoms. The first-order valence-corrected chi connectivity index (χ1v) is 42.4. The molecular formula is C98H91ClN6O14S. The summed E-state index contributed by atoms with van der Waals surface area (Å²) in [5.41, 5.74) is 18.8. The van der Waals surface area contributed by atoms with Crippen LogP contribution >= 0.6 is 11.6 Å². The number of aliphatic hydroxyl groups excluding tert-OH is 1. The number of ether oxygens (including phenoxy) is 7. The smallest absolute Gasteiger partial charge is 0.236 e. The predicted molar refractivity (Wildman–Crippen MR) is 459 cm³/mol. The molecule has 4 aliphatic carbocycles. The highest BCUT2D eigenvalue weighted by Crippen LogP contribution is 2.55. The van der Waals surface area contributed by atoms with E-state index < -0.39 is 31.7 Å². The van der Waals surface area contributed by atoms with Crippen molar-refractivity contribution in [2.24, 2.45) is 0 Å². The van der Waals surface area contributed by atoms with Crippen LogP contribution in [0.2, 0.25) is 5.02 Å². The summed E-state index contributed by atoms with van der Waals surface area (Å²) in [7, 11) is -1.62. The predicted octanol–water partition coefficient (Wildman–Crippen LogP) is 17.8. The van der Waals surface area contributed by atoms with E-state index >= 15 is 0 Å². The van der Waals surface area contributed by atoms with E-state index in [1.165, 1.54) is 16.7 Å². The van der Waals surface area contributed by atoms with Gasteiger partial charge in [-0.1, -0.05) is 139 Å². The number of nitrogens with one attached hydrogen (secondary N) is 2. The van der Waals surface area contributed by atoms with Gasteiger partial charge in [-0.3, -0.25) is 34.1 Å². The summed E-state index contributed by atoms with van der Waals surface area (Å²) in [5, 5.41) is 13.2. The summed E-state index contributed by atoms with van der Waals surface area (Å²) in [6.45, 7) is 9.25. The van der Waals surface area contributed by atoms with E-state index in [0.29, 0.717) is 35.9 Å². The molecule has 120 heavy (non-hydrogen) atoms. The van der Waals surface area contributed by atoms with Gasteiger partial charge in [0.05, 0.1) is 58.7 Å². The standard InChI is InChI=1S/C26H25NO3.C24H20ClNO3.C24H25N3O4S.C24H21NO4/c1-16-6-4-5-7-20(16)21-14-27-22(18(3)17(21)2)13-25(28)26(10-11-26)19-8-9-23-24(12-19)30-15-29-23;1-15-9-17(16-3-2-4-19(25)10-16)13-26-20(15)12-23(27)24(7-8-24)18-5-6-21-22(11-18)29-14-28-21;1-31-20-12-10-19(11-13-20)24(14-15-24)23(28)27-22-5-3-4-21(26-22)18-8-6-17(7-9-18)16-25-32(2,29)30;26-14-17-3-1-2-4-20(17)16-5-7-19(25-13-16)12-23(27)24(9-10-24)18-6-8-21-22(11-18)29-15-28-21/h4-9,12,14H,10-11,13,15H2,1-3H3;2-6,9-11,13H,7-8,12,14H2,1H3;3-13,25H,14-16H2,1-2H3,(H,26,27,28);1-8,11,13,26H,9-10,12,14-15H2. The minimum atomic E-state index is -3.24. The number of fused-ring (bicyclic) bond motifs is 3. The highest BCUT2D eigenvalue weighted by Gasteiger charge is 2.54. The van der Waals surface area contributed by atoms with Crippen LogP contribution in [0, 0.1) is 27.7 Å². The Labute approximate surface area is 702 Å². The van der Waals surface area contributed by atoms with E-state index in [9.17, 15) is 32.7 Å². The van der Waals surface area contributed by atoms with Crippen LogP contribution in [0.4, 0.5) is 5.82 Å². The van der Waals surface area contributed by atoms with Crippen LogP contribution in [-0.2, 0) is 83.3 Å². The number of sulfonamides is 1. The first kappa shape index (κ1) is 81.3. The van der Waals surface area contributed by atoms with Crippen molar-refractivity contribution in [1.82, 2.24) is 24.7 Å². The van der Waals surface area contributed by atoms with Crippen LogP contribution in [0.1, 0.15) is 124 Å². The minimum Gasteiger partial charge on any atom is -0.497 e. The average molecular weight is 1640 g/mol. The van der Waals surface area contributed by atoms with Gasteiger partial charge >= 0.3 is 0 Å². The van der Waals surface area contributed by atoms with Crippen molar-refractivity contribution in [3.05, 3.63) is 309 Å². The molecule has 8 aromatic carbocycles. The molecule has 22 heteroatoms. The first-order valence-electron chi connectivity index (χ1n) is 40.2. The lowest BCUT2D eigenvalue weighted by atomic mass is 9.87. The number of rotatable bonds is 24. The molecule has 7 aliphatic rings. The van der Waals surface area contributed by atoms with Gasteiger partial charge in [-0.25, -0.2) is 18.1 Å². The summed E-state index contributed by atoms with van der Waals surface area (Å²) < 4.78 is 62.8. The van der Waals surface area contributed by atoms with Gasteiger partial charge in [0.1, 0.15) is 28.9 Å². The molecule has 7 heterocycles. The molecule has 0 radical (unpaired) electrons. The van der Waals surface area contributed by atoms with Crippen LogP contribution in [-0.4, -0.2) is 90.5 Å². The number of aryl methyl sites for hydroxylation is 2. The first-order chi connectivity index (χ1) is 58.0. The number of halogens is 1. The fourth-order valence-corrected chi connectivity index (χ4v) is 16.7. The van der Waals surface area contributed by atoms with E-state index in [-0.39, 0.29) is 56.8 Å². The Kier molecular flexibility index (Phi) is 23.1. The quantitative estimate of drug-likeness (QED) is 0.0507. The Balaban J connectivity index is 0.000000119. The fourth-order valence-electron chi connectivity index (χ4n) is 16.0. The van der Waals surface area contributed by atoms with Crippen LogP contribution in [0.15, 0.2) is 231 Å². The minimum absolute atomic E-state index is 0.0194. The van der Waals surface area contributed by atoms with Gasteiger partial charge in [-0.2, -0.15) is 0 Å². The molecular weight excluding hydrogens is 1550 g/mol. The fraction of sp³-hybridized carbons (Fsp3) is 0.265. The Morgan fingerprint density at radius 2 is 0.975 bits per heavy atom. The summed E-state index contributed by atoms with van der Waals surface area (Å²) in [6.07, 6.45) is 14.4. The van der Waals surface area contributed by atoms with E-state index in [0.717, 1.165) is 193 Å². The molecule has 610 valence electrons. The number of amides is 1. The lowest BCUT2D eigenvalue weighted by Crippen LogP contribution is -2.28. The lowest BCUT2D eigenvalue weighted by Gasteiger charge is -2.18. The van der Waals surface area contributed by atoms with Gasteiger partial charge in [0.15, 0.2) is 34.5 Å². The molecule has 4 fully saturated rings. The van der Waals surface area contributed by atoms with E-state index in [4.69, 9.17) is 49.7 Å². The van der Waals surface area contributed by atoms with Crippen LogP contribution in [0.3, 0.4) is 0 Å². The van der Waals surface area contributed by atoms with Crippen LogP contribution in [0.5, 0.6) is 40.2 Å². The molecule has 12 aromatic rings. The van der Waals surface area contributed by atoms with Crippen molar-refractivity contribution in [2.75, 3.05) is 39.1 Å². The Morgan fingerprint density at radius 3 is 1.51 bits per heavy atom. The van der Waals surface area contributed by atoms with Crippen molar-refractivity contribution in [2.45, 2.75) is 133 Å². The summed E-state index contributed by atoms with van der Waals surface area (Å²) >= 11 is 6.10. The van der Waals surface area contributed by atoms with Crippen molar-refractivity contribution >= 4 is 50.7 Å². The lowest BCUT2D eigenvalue weighted by molar-refractivity contribution is -0.121. The number of aromatic nitrogens is 4. The topological polar surface area (TPSA) is 263 Å². The van der Waals surface area contributed by atoms with E-state index in [1.54, 1.807) is 19.4 Å². The Bertz CT molecular complexity index is 6040. The van der Waals surface area contributed by atoms with Gasteiger partial charge in [0, 0.05) is 77.4 Å². The van der Waals surface area contributed by atoms with Gasteiger partial charge in [0.2, 0.25) is 36.3 Å². The zero-order valence-corrected chi connectivity index (χ0v) is 69.2. The average Bonchev–Trinajstić information content (AvgIpc) is 1.60. The number of aliphatic hydroxyl groups is 1. The van der Waals surface area contributed by atoms with Gasteiger partial charge in [0.25, 0.3) is 0 Å². The maximum atomic E-state index is 13.4. The number of ketones is 3. The molecule has 0 atom stereocenters. The Morgan fingerprint density at radius 1 is 0.458 bits per heavy atom. The largest absolute Gasteiger partial charge is 0.497 e. The number of carbonyl (C=O) groups excluding carboxylic acids is 4. The monoisotopic (exact) mass is 1640 g/mol. The summed E-state index contributed by atoms with van der Waals surface area (Å²) in [4.78, 5) is 71.2. The number of nitrogens with zero attached hydrogens (tertiary/aromatic N) is 4. The van der Waals surface area contributed by atoms with Crippen molar-refractivity contribution in [3.8, 4) is 84.9 Å². The zero-order valence-electron chi connectivity index (χ0n) is 67.6. The number of methoxy groups -OCH3 is 1. The number of pyridine rings is 4. The second-order valence-corrected chi connectivity index (χ2v) is 34.0. The summed E-state index contributed by atoms with van der Waals surface area (Å²) in [5.74, 6) is 6.23. The molecule has 0 bridgehead atoms. The zero-order chi connectivity index (χ0) is 83.5. The number of Topliss-reactive ketones (excluding diaryl/α,β-unsaturated/α-hetero) is 3. The number of hydrogen-bond donors (Lipinski definition) is 3. The van der Waals surface area contributed by atoms with E-state index in [1.807, 2.05) is 201 Å². The normalized spacial score (nSPS) is 15.5. The molecule has 19 rings (SSSR count). The number of hydrogen-bond acceptors (Lipinski definition) is 18. The van der Waals surface area contributed by atoms with Crippen LogP contribution < -0.4 is 43.2 Å². The molecule has 4 saturated carbocycles. The van der Waals surface area contributed by atoms with Gasteiger partial charge in [-0.15, -0.1) is 0 Å². The molecule has 3 N–H and O–H groups in total. The second-order valence-electron chi connectivity index (χ2n) is 31.7. The highest BCUT2D eigenvalue weighted by molar-refractivity contribution is 7.88. The molecule has 20 nitrogen and oxygen atoms in total. The molecule has 0 saturated heterocycles. The molecule has 3 aliphatic heterocycles. The van der Waals surface area contributed by atoms with Crippen molar-refractivity contribution < 1.29 is 65.9 Å². The SMILES string of the molecule is COc1ccc(C2(C(=O)Nc3cccc(-c4ccc(CNS(C)(=O)=O)cc4)n3)CC2)cc1.Cc1cc(-c2cccc(Cl)c2)cnc1CC(=O)C1(c2ccc3c(c2)OCO3)CC1.Cc1ccccc1-c1cnc(CC(=O)C2(c3ccc4c(c3)OCO4)CC2)c(C)c1C.O=C(Cc1ccc(-c2ccccc2CO)cn1)C1(c2ccc3c(c2)OCO3)CC1. The third-order valence-electron chi connectivity index (χ3n) is 24.1. The molecule has 0 unspecified atom stereocenters. The maximum Gasteiger partial charge on any atom is 0.236 e. The van der Waals surface area contributed by atoms with Crippen molar-refractivity contribution in [1.29, 1.82) is 0 Å². The number of anilines is 1. The Hall–Kier alpha value is -12.4. The third kappa shape index (κ3) is 17.5.